The molecule has 0 spiro atoms. The summed E-state index contributed by atoms with van der Waals surface area (Å²) in [4.78, 5) is 21.6. The molecule has 2 unspecified atom stereocenters. The van der Waals surface area contributed by atoms with Crippen molar-refractivity contribution in [2.45, 2.75) is 38.0 Å². The average molecular weight is 310 g/mol. The van der Waals surface area contributed by atoms with Crippen LogP contribution < -0.4 is 4.74 Å². The SMILES string of the molecule is COC(=O)N1C2C=C[C@H]1CC(Oc1ncnc(Cl)c1C)C2. The molecule has 3 rings (SSSR count). The van der Waals surface area contributed by atoms with E-state index in [1.807, 2.05) is 19.1 Å². The number of amides is 1. The monoisotopic (exact) mass is 309 g/mol. The summed E-state index contributed by atoms with van der Waals surface area (Å²) in [5.74, 6) is 0.505. The predicted octanol–water partition coefficient (Wildman–Crippen LogP) is 2.36. The number of nitrogens with zero attached hydrogens (tertiary/aromatic N) is 3. The Labute approximate surface area is 127 Å². The molecule has 3 atom stereocenters. The highest BCUT2D eigenvalue weighted by atomic mass is 35.5. The van der Waals surface area contributed by atoms with Gasteiger partial charge in [-0.15, -0.1) is 0 Å². The first-order chi connectivity index (χ1) is 10.1. The second kappa shape index (κ2) is 5.52. The highest BCUT2D eigenvalue weighted by Gasteiger charge is 2.41. The van der Waals surface area contributed by atoms with Crippen LogP contribution in [0.15, 0.2) is 18.5 Å². The molecule has 2 aliphatic heterocycles. The first kappa shape index (κ1) is 14.1. The van der Waals surface area contributed by atoms with Crippen LogP contribution in [0.25, 0.3) is 0 Å². The van der Waals surface area contributed by atoms with E-state index in [1.54, 1.807) is 4.90 Å². The van der Waals surface area contributed by atoms with Gasteiger partial charge in [0, 0.05) is 18.4 Å². The summed E-state index contributed by atoms with van der Waals surface area (Å²) in [5.41, 5.74) is 0.731. The third-order valence-corrected chi connectivity index (χ3v) is 4.30. The highest BCUT2D eigenvalue weighted by molar-refractivity contribution is 6.30. The van der Waals surface area contributed by atoms with Gasteiger partial charge in [0.05, 0.1) is 19.2 Å². The Morgan fingerprint density at radius 3 is 2.62 bits per heavy atom. The van der Waals surface area contributed by atoms with Crippen LogP contribution in [0.2, 0.25) is 5.15 Å². The van der Waals surface area contributed by atoms with Gasteiger partial charge in [-0.2, -0.15) is 0 Å². The zero-order valence-electron chi connectivity index (χ0n) is 11.8. The maximum atomic E-state index is 11.8. The summed E-state index contributed by atoms with van der Waals surface area (Å²) in [7, 11) is 1.40. The molecule has 21 heavy (non-hydrogen) atoms. The van der Waals surface area contributed by atoms with Gasteiger partial charge < -0.3 is 9.47 Å². The molecule has 2 bridgehead atoms. The smallest absolute Gasteiger partial charge is 0.410 e. The summed E-state index contributed by atoms with van der Waals surface area (Å²) < 4.78 is 10.8. The minimum atomic E-state index is -0.297. The van der Waals surface area contributed by atoms with Gasteiger partial charge in [0.25, 0.3) is 0 Å². The third-order valence-electron chi connectivity index (χ3n) is 3.92. The van der Waals surface area contributed by atoms with E-state index in [2.05, 4.69) is 9.97 Å². The summed E-state index contributed by atoms with van der Waals surface area (Å²) in [6, 6.07) is 0.0256. The molecule has 0 N–H and O–H groups in total. The summed E-state index contributed by atoms with van der Waals surface area (Å²) in [5, 5.41) is 0.396. The van der Waals surface area contributed by atoms with E-state index >= 15 is 0 Å². The van der Waals surface area contributed by atoms with Crippen molar-refractivity contribution in [3.05, 3.63) is 29.2 Å². The molecule has 1 amide bonds. The molecule has 1 aromatic heterocycles. The Morgan fingerprint density at radius 1 is 1.33 bits per heavy atom. The molecule has 0 aromatic carbocycles. The average Bonchev–Trinajstić information content (AvgIpc) is 2.74. The van der Waals surface area contributed by atoms with Crippen LogP contribution in [-0.2, 0) is 4.74 Å². The fourth-order valence-electron chi connectivity index (χ4n) is 2.87. The Morgan fingerprint density at radius 2 is 2.00 bits per heavy atom. The van der Waals surface area contributed by atoms with Gasteiger partial charge in [-0.1, -0.05) is 23.8 Å². The molecule has 1 saturated heterocycles. The number of piperidine rings is 1. The van der Waals surface area contributed by atoms with Gasteiger partial charge in [-0.3, -0.25) is 4.90 Å². The van der Waals surface area contributed by atoms with Crippen LogP contribution in [0.4, 0.5) is 4.79 Å². The third kappa shape index (κ3) is 2.55. The van der Waals surface area contributed by atoms with Gasteiger partial charge in [0.1, 0.15) is 17.6 Å². The largest absolute Gasteiger partial charge is 0.474 e. The molecule has 1 aromatic rings. The van der Waals surface area contributed by atoms with Crippen molar-refractivity contribution in [1.82, 2.24) is 14.9 Å². The molecule has 0 saturated carbocycles. The van der Waals surface area contributed by atoms with Crippen molar-refractivity contribution in [3.8, 4) is 5.88 Å². The Bertz CT molecular complexity index is 577. The van der Waals surface area contributed by atoms with Gasteiger partial charge in [0.15, 0.2) is 0 Å². The van der Waals surface area contributed by atoms with E-state index in [-0.39, 0.29) is 24.3 Å². The van der Waals surface area contributed by atoms with Crippen molar-refractivity contribution in [2.24, 2.45) is 0 Å². The lowest BCUT2D eigenvalue weighted by molar-refractivity contribution is 0.0466. The quantitative estimate of drug-likeness (QED) is 0.620. The minimum absolute atomic E-state index is 0.0128. The van der Waals surface area contributed by atoms with Gasteiger partial charge in [-0.05, 0) is 6.92 Å². The fraction of sp³-hybridized carbons (Fsp3) is 0.500. The van der Waals surface area contributed by atoms with Crippen LogP contribution in [0.5, 0.6) is 5.88 Å². The Kier molecular flexibility index (Phi) is 3.71. The van der Waals surface area contributed by atoms with Crippen LogP contribution in [0.1, 0.15) is 18.4 Å². The standard InChI is InChI=1S/C14H16ClN3O3/c1-8-12(15)16-7-17-13(8)21-11-5-9-3-4-10(6-11)18(9)14(19)20-2/h3-4,7,9-11H,5-6H2,1-2H3/t9-,10?,11?/m0/s1. The molecule has 112 valence electrons. The molecule has 6 nitrogen and oxygen atoms in total. The Balaban J connectivity index is 1.71. The van der Waals surface area contributed by atoms with Crippen molar-refractivity contribution >= 4 is 17.7 Å². The second-order valence-corrected chi connectivity index (χ2v) is 5.56. The lowest BCUT2D eigenvalue weighted by atomic mass is 9.99. The highest BCUT2D eigenvalue weighted by Crippen LogP contribution is 2.33. The minimum Gasteiger partial charge on any atom is -0.474 e. The lowest BCUT2D eigenvalue weighted by Crippen LogP contribution is -2.50. The normalized spacial score (nSPS) is 26.8. The zero-order valence-corrected chi connectivity index (χ0v) is 12.6. The molecule has 3 heterocycles. The number of carbonyl (C=O) groups excluding carboxylic acids is 1. The zero-order chi connectivity index (χ0) is 15.0. The molecule has 0 aliphatic carbocycles. The number of fused-ring (bicyclic) bond motifs is 2. The maximum absolute atomic E-state index is 11.8. The number of halogens is 1. The van der Waals surface area contributed by atoms with Gasteiger partial charge >= 0.3 is 6.09 Å². The van der Waals surface area contributed by atoms with E-state index in [9.17, 15) is 4.79 Å². The van der Waals surface area contributed by atoms with Crippen molar-refractivity contribution in [1.29, 1.82) is 0 Å². The van der Waals surface area contributed by atoms with Crippen LogP contribution in [0, 0.1) is 6.92 Å². The lowest BCUT2D eigenvalue weighted by Gasteiger charge is -2.37. The predicted molar refractivity (Wildman–Crippen MR) is 76.4 cm³/mol. The number of rotatable bonds is 2. The van der Waals surface area contributed by atoms with Crippen LogP contribution >= 0.6 is 11.6 Å². The topological polar surface area (TPSA) is 64.5 Å². The fourth-order valence-corrected chi connectivity index (χ4v) is 2.99. The van der Waals surface area contributed by atoms with Crippen molar-refractivity contribution < 1.29 is 14.3 Å². The van der Waals surface area contributed by atoms with E-state index < -0.39 is 0 Å². The number of hydrogen-bond donors (Lipinski definition) is 0. The number of methoxy groups -OCH3 is 1. The maximum Gasteiger partial charge on any atom is 0.410 e. The second-order valence-electron chi connectivity index (χ2n) is 5.20. The molecule has 7 heteroatoms. The molecular formula is C14H16ClN3O3. The van der Waals surface area contributed by atoms with Crippen LogP contribution in [-0.4, -0.2) is 46.3 Å². The number of carbonyl (C=O) groups is 1. The van der Waals surface area contributed by atoms with E-state index in [1.165, 1.54) is 13.4 Å². The molecule has 1 fully saturated rings. The molecular weight excluding hydrogens is 294 g/mol. The molecule has 2 aliphatic rings. The first-order valence-electron chi connectivity index (χ1n) is 6.78. The van der Waals surface area contributed by atoms with Crippen molar-refractivity contribution in [3.63, 3.8) is 0 Å². The summed E-state index contributed by atoms with van der Waals surface area (Å²) in [6.45, 7) is 1.83. The summed E-state index contributed by atoms with van der Waals surface area (Å²) in [6.07, 6.45) is 6.57. The number of hydrogen-bond acceptors (Lipinski definition) is 5. The van der Waals surface area contributed by atoms with Gasteiger partial charge in [-0.25, -0.2) is 14.8 Å². The van der Waals surface area contributed by atoms with E-state index in [4.69, 9.17) is 21.1 Å². The number of aromatic nitrogens is 2. The summed E-state index contributed by atoms with van der Waals surface area (Å²) >= 11 is 5.97. The van der Waals surface area contributed by atoms with Crippen molar-refractivity contribution in [2.75, 3.05) is 7.11 Å². The van der Waals surface area contributed by atoms with E-state index in [0.29, 0.717) is 23.9 Å². The van der Waals surface area contributed by atoms with Crippen LogP contribution in [0.3, 0.4) is 0 Å². The number of ether oxygens (including phenoxy) is 2. The van der Waals surface area contributed by atoms with Gasteiger partial charge in [0.2, 0.25) is 5.88 Å². The van der Waals surface area contributed by atoms with E-state index in [0.717, 1.165) is 5.56 Å². The Hall–Kier alpha value is -1.82. The first-order valence-corrected chi connectivity index (χ1v) is 7.16. The molecule has 0 radical (unpaired) electrons.